The first-order valence-electron chi connectivity index (χ1n) is 3.37. The fourth-order valence-corrected chi connectivity index (χ4v) is 0.133. The van der Waals surface area contributed by atoms with Crippen LogP contribution in [0.4, 0.5) is 0 Å². The molecule has 0 saturated heterocycles. The Balaban J connectivity index is 0. The summed E-state index contributed by atoms with van der Waals surface area (Å²) in [7, 11) is 0. The normalized spacial score (nSPS) is 9.18. The summed E-state index contributed by atoms with van der Waals surface area (Å²) in [6.45, 7) is 7.33. The highest BCUT2D eigenvalue weighted by molar-refractivity contribution is 5.78. The van der Waals surface area contributed by atoms with E-state index in [4.69, 9.17) is 10.4 Å². The smallest absolute Gasteiger partial charge is 0.0509 e. The highest BCUT2D eigenvalue weighted by Gasteiger charge is 1.79. The van der Waals surface area contributed by atoms with Crippen LogP contribution in [-0.2, 0) is 0 Å². The first-order valence-corrected chi connectivity index (χ1v) is 3.37. The van der Waals surface area contributed by atoms with E-state index in [9.17, 15) is 0 Å². The van der Waals surface area contributed by atoms with Crippen molar-refractivity contribution in [3.05, 3.63) is 0 Å². The Kier molecular flexibility index (Phi) is 10.2. The van der Waals surface area contributed by atoms with Gasteiger partial charge >= 0.3 is 0 Å². The monoisotopic (exact) mass is 160 g/mol. The number of nitrogens with zero attached hydrogens (tertiary/aromatic N) is 2. The Hall–Kier alpha value is -1.06. The molecule has 0 unspecified atom stereocenters. The average Bonchev–Trinajstić information content (AvgIpc) is 1.89. The molecule has 0 amide bonds. The van der Waals surface area contributed by atoms with E-state index in [1.54, 1.807) is 13.8 Å². The van der Waals surface area contributed by atoms with Crippen LogP contribution in [0.1, 0.15) is 27.7 Å². The first kappa shape index (κ1) is 12.6. The first-order chi connectivity index (χ1) is 5.04. The van der Waals surface area contributed by atoms with Crippen molar-refractivity contribution < 1.29 is 10.4 Å². The molecule has 0 aromatic rings. The largest absolute Gasteiger partial charge is 0.411 e. The molecule has 2 N–H and O–H groups in total. The van der Waals surface area contributed by atoms with Crippen molar-refractivity contribution in [3.63, 3.8) is 0 Å². The Morgan fingerprint density at radius 3 is 1.64 bits per heavy atom. The highest BCUT2D eigenvalue weighted by Crippen LogP contribution is 1.81. The van der Waals surface area contributed by atoms with Gasteiger partial charge in [0.2, 0.25) is 0 Å². The molecule has 0 heterocycles. The molecule has 0 radical (unpaired) electrons. The average molecular weight is 160 g/mol. The van der Waals surface area contributed by atoms with E-state index in [1.807, 2.05) is 13.8 Å². The van der Waals surface area contributed by atoms with Crippen molar-refractivity contribution in [3.8, 4) is 0 Å². The maximum Gasteiger partial charge on any atom is 0.0509 e. The second-order valence-electron chi connectivity index (χ2n) is 2.56. The van der Waals surface area contributed by atoms with Gasteiger partial charge in [-0.3, -0.25) is 0 Å². The predicted octanol–water partition coefficient (Wildman–Crippen LogP) is 1.96. The lowest BCUT2D eigenvalue weighted by Gasteiger charge is -1.84. The van der Waals surface area contributed by atoms with Crippen molar-refractivity contribution in [2.24, 2.45) is 16.2 Å². The molecule has 4 heteroatoms. The number of rotatable bonds is 1. The lowest BCUT2D eigenvalue weighted by molar-refractivity contribution is 0.318. The summed E-state index contributed by atoms with van der Waals surface area (Å²) in [5, 5.41) is 21.2. The summed E-state index contributed by atoms with van der Waals surface area (Å²) in [4.78, 5) is 0. The lowest BCUT2D eigenvalue weighted by atomic mass is 10.3. The molecule has 0 saturated carbocycles. The van der Waals surface area contributed by atoms with Crippen LogP contribution in [0.25, 0.3) is 0 Å². The summed E-state index contributed by atoms with van der Waals surface area (Å²) in [5.74, 6) is 0.356. The Morgan fingerprint density at radius 1 is 1.27 bits per heavy atom. The molecule has 0 aliphatic heterocycles. The Labute approximate surface area is 67.2 Å². The van der Waals surface area contributed by atoms with Crippen molar-refractivity contribution in [2.45, 2.75) is 27.7 Å². The van der Waals surface area contributed by atoms with Gasteiger partial charge in [-0.25, -0.2) is 0 Å². The molecule has 66 valence electrons. The van der Waals surface area contributed by atoms with Gasteiger partial charge in [0.05, 0.1) is 5.71 Å². The minimum absolute atomic E-state index is 0.356. The summed E-state index contributed by atoms with van der Waals surface area (Å²) in [6, 6.07) is 0. The van der Waals surface area contributed by atoms with Gasteiger partial charge in [-0.2, -0.15) is 0 Å². The second kappa shape index (κ2) is 8.94. The second-order valence-corrected chi connectivity index (χ2v) is 2.56. The van der Waals surface area contributed by atoms with Gasteiger partial charge in [-0.05, 0) is 19.8 Å². The standard InChI is InChI=1S/C4H9NO.C3H7NO/c1-4(2)3-5-6;1-3(2)4-5/h3-4,6H,1-2H3;5H,1-2H3. The van der Waals surface area contributed by atoms with Crippen LogP contribution in [0.15, 0.2) is 10.3 Å². The third-order valence-corrected chi connectivity index (χ3v) is 0.565. The number of hydrogen-bond acceptors (Lipinski definition) is 4. The van der Waals surface area contributed by atoms with Crippen molar-refractivity contribution in [1.82, 2.24) is 0 Å². The SMILES string of the molecule is CC(C)=NO.CC(C)C=NO. The molecule has 0 spiro atoms. The van der Waals surface area contributed by atoms with E-state index in [2.05, 4.69) is 10.3 Å². The molecule has 0 aliphatic carbocycles. The molecule has 0 rings (SSSR count). The molecule has 0 bridgehead atoms. The van der Waals surface area contributed by atoms with Gasteiger partial charge in [0.15, 0.2) is 0 Å². The van der Waals surface area contributed by atoms with Crippen LogP contribution in [0.5, 0.6) is 0 Å². The summed E-state index contributed by atoms with van der Waals surface area (Å²) >= 11 is 0. The summed E-state index contributed by atoms with van der Waals surface area (Å²) < 4.78 is 0. The molecule has 0 fully saturated rings. The van der Waals surface area contributed by atoms with E-state index >= 15 is 0 Å². The molecule has 0 aliphatic rings. The zero-order valence-corrected chi connectivity index (χ0v) is 7.44. The molecular weight excluding hydrogens is 144 g/mol. The van der Waals surface area contributed by atoms with Crippen LogP contribution >= 0.6 is 0 Å². The van der Waals surface area contributed by atoms with Crippen LogP contribution in [0.3, 0.4) is 0 Å². The maximum absolute atomic E-state index is 7.81. The maximum atomic E-state index is 7.81. The van der Waals surface area contributed by atoms with E-state index < -0.39 is 0 Å². The van der Waals surface area contributed by atoms with Crippen LogP contribution in [-0.4, -0.2) is 22.3 Å². The van der Waals surface area contributed by atoms with Gasteiger partial charge in [0, 0.05) is 6.21 Å². The summed E-state index contributed by atoms with van der Waals surface area (Å²) in [5.41, 5.74) is 0.685. The molecule has 4 nitrogen and oxygen atoms in total. The highest BCUT2D eigenvalue weighted by atomic mass is 16.4. The predicted molar refractivity (Wildman–Crippen MR) is 45.7 cm³/mol. The third-order valence-electron chi connectivity index (χ3n) is 0.565. The van der Waals surface area contributed by atoms with E-state index in [1.165, 1.54) is 6.21 Å². The zero-order valence-electron chi connectivity index (χ0n) is 7.44. The fraction of sp³-hybridized carbons (Fsp3) is 0.714. The van der Waals surface area contributed by atoms with Gasteiger partial charge in [-0.1, -0.05) is 19.0 Å². The van der Waals surface area contributed by atoms with Crippen LogP contribution in [0, 0.1) is 5.92 Å². The van der Waals surface area contributed by atoms with Crippen molar-refractivity contribution in [2.75, 3.05) is 0 Å². The third kappa shape index (κ3) is 27.7. The summed E-state index contributed by atoms with van der Waals surface area (Å²) in [6.07, 6.45) is 1.47. The Morgan fingerprint density at radius 2 is 1.64 bits per heavy atom. The van der Waals surface area contributed by atoms with Gasteiger partial charge in [0.1, 0.15) is 0 Å². The number of oxime groups is 2. The van der Waals surface area contributed by atoms with Crippen LogP contribution < -0.4 is 0 Å². The Bertz CT molecular complexity index is 126. The van der Waals surface area contributed by atoms with Crippen molar-refractivity contribution >= 4 is 11.9 Å². The minimum atomic E-state index is 0.356. The number of hydrogen-bond donors (Lipinski definition) is 2. The van der Waals surface area contributed by atoms with Gasteiger partial charge < -0.3 is 10.4 Å². The van der Waals surface area contributed by atoms with E-state index in [0.29, 0.717) is 11.6 Å². The molecule has 0 aromatic heterocycles. The fourth-order valence-electron chi connectivity index (χ4n) is 0.133. The lowest BCUT2D eigenvalue weighted by Crippen LogP contribution is -1.84. The van der Waals surface area contributed by atoms with E-state index in [-0.39, 0.29) is 0 Å². The van der Waals surface area contributed by atoms with Gasteiger partial charge in [-0.15, -0.1) is 5.16 Å². The molecule has 0 atom stereocenters. The molecule has 0 aromatic carbocycles. The quantitative estimate of drug-likeness (QED) is 0.350. The van der Waals surface area contributed by atoms with Crippen molar-refractivity contribution in [1.29, 1.82) is 0 Å². The van der Waals surface area contributed by atoms with Gasteiger partial charge in [0.25, 0.3) is 0 Å². The minimum Gasteiger partial charge on any atom is -0.411 e. The topological polar surface area (TPSA) is 65.2 Å². The van der Waals surface area contributed by atoms with Crippen LogP contribution in [0.2, 0.25) is 0 Å². The zero-order chi connectivity index (χ0) is 9.28. The van der Waals surface area contributed by atoms with E-state index in [0.717, 1.165) is 0 Å². The molecule has 11 heavy (non-hydrogen) atoms. The molecular formula is C7H16N2O2.